The molecular weight excluding hydrogens is 444 g/mol. The second-order valence-electron chi connectivity index (χ2n) is 9.28. The second kappa shape index (κ2) is 9.36. The summed E-state index contributed by atoms with van der Waals surface area (Å²) in [6.45, 7) is 4.25. The number of aliphatic hydroxyl groups excluding tert-OH is 2. The first-order chi connectivity index (χ1) is 15.6. The van der Waals surface area contributed by atoms with Crippen LogP contribution in [0.1, 0.15) is 49.9 Å². The van der Waals surface area contributed by atoms with Crippen LogP contribution in [0.4, 0.5) is 0 Å². The summed E-state index contributed by atoms with van der Waals surface area (Å²) >= 11 is 1.54. The van der Waals surface area contributed by atoms with Crippen LogP contribution in [-0.4, -0.2) is 62.3 Å². The zero-order valence-corrected chi connectivity index (χ0v) is 19.5. The number of carbonyl (C=O) groups is 2. The maximum Gasteiger partial charge on any atom is 0.353 e. The SMILES string of the molecule is C[C@@H](O)[C@H]1C(=O)N2C(C(=O)O)=C(S[C@@H]3CN[C@@H](c4ccc([C@@H](N)CC(N)O)cc4)C3)[C@H](C)[C@H]12. The van der Waals surface area contributed by atoms with Crippen LogP contribution in [-0.2, 0) is 9.59 Å². The molecule has 33 heavy (non-hydrogen) atoms. The normalized spacial score (nSPS) is 31.9. The van der Waals surface area contributed by atoms with Crippen molar-refractivity contribution >= 4 is 23.6 Å². The molecule has 0 spiro atoms. The third-order valence-electron chi connectivity index (χ3n) is 6.96. The van der Waals surface area contributed by atoms with Crippen LogP contribution < -0.4 is 16.8 Å². The zero-order valence-electron chi connectivity index (χ0n) is 18.7. The van der Waals surface area contributed by atoms with Crippen LogP contribution >= 0.6 is 11.8 Å². The molecule has 3 heterocycles. The highest BCUT2D eigenvalue weighted by atomic mass is 32.2. The lowest BCUT2D eigenvalue weighted by molar-refractivity contribution is -0.163. The molecule has 4 rings (SSSR count). The number of nitrogens with zero attached hydrogens (tertiary/aromatic N) is 1. The Balaban J connectivity index is 1.44. The standard InChI is InChI=1S/C23H32N4O5S/c1-10-19-18(11(2)28)22(30)27(19)20(23(31)32)21(10)33-14-7-16(26-9-14)13-5-3-12(4-6-13)15(24)8-17(25)29/h3-6,10-11,14-19,26,28-29H,7-9,24-25H2,1-2H3,(H,31,32)/t10-,11-,14+,15+,16-,17?,18-,19-/m1/s1. The average molecular weight is 477 g/mol. The molecule has 8 N–H and O–H groups in total. The molecule has 0 saturated carbocycles. The predicted molar refractivity (Wildman–Crippen MR) is 125 cm³/mol. The molecule has 2 saturated heterocycles. The van der Waals surface area contributed by atoms with Crippen molar-refractivity contribution in [3.63, 3.8) is 0 Å². The minimum absolute atomic E-state index is 0.0725. The molecule has 1 unspecified atom stereocenters. The van der Waals surface area contributed by atoms with Gasteiger partial charge >= 0.3 is 5.97 Å². The van der Waals surface area contributed by atoms with Gasteiger partial charge in [-0.2, -0.15) is 0 Å². The smallest absolute Gasteiger partial charge is 0.353 e. The van der Waals surface area contributed by atoms with Gasteiger partial charge in [-0.05, 0) is 24.5 Å². The summed E-state index contributed by atoms with van der Waals surface area (Å²) in [7, 11) is 0. The van der Waals surface area contributed by atoms with E-state index in [2.05, 4.69) is 5.32 Å². The first-order valence-electron chi connectivity index (χ1n) is 11.3. The molecule has 9 nitrogen and oxygen atoms in total. The fourth-order valence-corrected chi connectivity index (χ4v) is 6.76. The molecule has 10 heteroatoms. The van der Waals surface area contributed by atoms with E-state index in [-0.39, 0.29) is 47.3 Å². The quantitative estimate of drug-likeness (QED) is 0.233. The number of hydrogen-bond acceptors (Lipinski definition) is 8. The number of carboxylic acid groups (broad SMARTS) is 1. The Hall–Kier alpha value is -1.95. The molecule has 8 atom stereocenters. The average Bonchev–Trinajstić information content (AvgIpc) is 3.30. The molecule has 0 radical (unpaired) electrons. The van der Waals surface area contributed by atoms with Crippen LogP contribution in [0.3, 0.4) is 0 Å². The van der Waals surface area contributed by atoms with Crippen molar-refractivity contribution in [3.8, 4) is 0 Å². The highest BCUT2D eigenvalue weighted by Crippen LogP contribution is 2.52. The number of carboxylic acids is 1. The van der Waals surface area contributed by atoms with Gasteiger partial charge in [0.15, 0.2) is 0 Å². The zero-order chi connectivity index (χ0) is 24.0. The summed E-state index contributed by atoms with van der Waals surface area (Å²) in [6.07, 6.45) is -0.647. The van der Waals surface area contributed by atoms with E-state index in [1.165, 1.54) is 16.7 Å². The number of β-lactam (4-membered cyclic amide) rings is 1. The van der Waals surface area contributed by atoms with Crippen molar-refractivity contribution in [3.05, 3.63) is 46.0 Å². The number of nitrogens with two attached hydrogens (primary N) is 2. The lowest BCUT2D eigenvalue weighted by Gasteiger charge is -2.46. The topological polar surface area (TPSA) is 162 Å². The molecule has 1 aromatic rings. The minimum atomic E-state index is -1.10. The molecule has 0 aromatic heterocycles. The first-order valence-corrected chi connectivity index (χ1v) is 12.2. The lowest BCUT2D eigenvalue weighted by Crippen LogP contribution is -2.63. The summed E-state index contributed by atoms with van der Waals surface area (Å²) in [5, 5.41) is 32.8. The van der Waals surface area contributed by atoms with Gasteiger partial charge in [-0.1, -0.05) is 31.2 Å². The largest absolute Gasteiger partial charge is 0.477 e. The molecule has 2 fully saturated rings. The van der Waals surface area contributed by atoms with Crippen LogP contribution in [0.25, 0.3) is 0 Å². The van der Waals surface area contributed by atoms with Crippen LogP contribution in [0.2, 0.25) is 0 Å². The van der Waals surface area contributed by atoms with Gasteiger partial charge in [-0.15, -0.1) is 11.8 Å². The number of aliphatic hydroxyl groups is 2. The Morgan fingerprint density at radius 3 is 2.52 bits per heavy atom. The van der Waals surface area contributed by atoms with Crippen molar-refractivity contribution in [2.75, 3.05) is 6.54 Å². The Labute approximate surface area is 197 Å². The maximum atomic E-state index is 12.5. The summed E-state index contributed by atoms with van der Waals surface area (Å²) in [5.41, 5.74) is 13.6. The van der Waals surface area contributed by atoms with E-state index in [1.54, 1.807) is 6.92 Å². The van der Waals surface area contributed by atoms with Gasteiger partial charge in [-0.3, -0.25) is 4.79 Å². The molecule has 1 amide bonds. The Morgan fingerprint density at radius 2 is 1.94 bits per heavy atom. The molecule has 180 valence electrons. The number of nitrogens with one attached hydrogen (secondary N) is 1. The van der Waals surface area contributed by atoms with Crippen molar-refractivity contribution < 1.29 is 24.9 Å². The summed E-state index contributed by atoms with van der Waals surface area (Å²) in [4.78, 5) is 26.6. The van der Waals surface area contributed by atoms with Crippen molar-refractivity contribution in [1.82, 2.24) is 10.2 Å². The van der Waals surface area contributed by atoms with Crippen molar-refractivity contribution in [2.24, 2.45) is 23.3 Å². The molecule has 0 aliphatic carbocycles. The number of amides is 1. The van der Waals surface area contributed by atoms with Gasteiger partial charge in [0.25, 0.3) is 0 Å². The molecular formula is C23H32N4O5S. The number of fused-ring (bicyclic) bond motifs is 1. The fourth-order valence-electron chi connectivity index (χ4n) is 5.28. The van der Waals surface area contributed by atoms with E-state index >= 15 is 0 Å². The van der Waals surface area contributed by atoms with E-state index in [4.69, 9.17) is 11.5 Å². The minimum Gasteiger partial charge on any atom is -0.477 e. The second-order valence-corrected chi connectivity index (χ2v) is 10.6. The van der Waals surface area contributed by atoms with Crippen LogP contribution in [0, 0.1) is 11.8 Å². The molecule has 1 aromatic carbocycles. The van der Waals surface area contributed by atoms with Gasteiger partial charge in [-0.25, -0.2) is 4.79 Å². The summed E-state index contributed by atoms with van der Waals surface area (Å²) in [5.74, 6) is -2.08. The van der Waals surface area contributed by atoms with Gasteiger partial charge < -0.3 is 37.0 Å². The Bertz CT molecular complexity index is 951. The van der Waals surface area contributed by atoms with Gasteiger partial charge in [0.05, 0.1) is 18.1 Å². The summed E-state index contributed by atoms with van der Waals surface area (Å²) < 4.78 is 0. The van der Waals surface area contributed by atoms with E-state index < -0.39 is 24.2 Å². The molecule has 3 aliphatic heterocycles. The lowest BCUT2D eigenvalue weighted by atomic mass is 9.79. The molecule has 3 aliphatic rings. The highest BCUT2D eigenvalue weighted by Gasteiger charge is 2.60. The predicted octanol–water partition coefficient (Wildman–Crippen LogP) is 0.644. The number of benzene rings is 1. The van der Waals surface area contributed by atoms with E-state index in [1.807, 2.05) is 31.2 Å². The van der Waals surface area contributed by atoms with Crippen molar-refractivity contribution in [1.29, 1.82) is 0 Å². The first kappa shape index (κ1) is 24.2. The van der Waals surface area contributed by atoms with Crippen LogP contribution in [0.5, 0.6) is 0 Å². The number of thioether (sulfide) groups is 1. The van der Waals surface area contributed by atoms with Crippen molar-refractivity contribution in [2.45, 2.75) is 62.4 Å². The Morgan fingerprint density at radius 1 is 1.27 bits per heavy atom. The number of rotatable bonds is 8. The van der Waals surface area contributed by atoms with E-state index in [0.717, 1.165) is 29.0 Å². The fraction of sp³-hybridized carbons (Fsp3) is 0.565. The molecule has 0 bridgehead atoms. The highest BCUT2D eigenvalue weighted by molar-refractivity contribution is 8.03. The van der Waals surface area contributed by atoms with Gasteiger partial charge in [0.2, 0.25) is 5.91 Å². The third-order valence-corrected chi connectivity index (χ3v) is 8.47. The summed E-state index contributed by atoms with van der Waals surface area (Å²) in [6, 6.07) is 7.43. The Kier molecular flexibility index (Phi) is 6.86. The van der Waals surface area contributed by atoms with E-state index in [0.29, 0.717) is 0 Å². The van der Waals surface area contributed by atoms with Crippen LogP contribution in [0.15, 0.2) is 34.9 Å². The van der Waals surface area contributed by atoms with E-state index in [9.17, 15) is 24.9 Å². The van der Waals surface area contributed by atoms with Gasteiger partial charge in [0.1, 0.15) is 11.9 Å². The number of hydrogen-bond donors (Lipinski definition) is 6. The third kappa shape index (κ3) is 4.43. The number of carbonyl (C=O) groups excluding carboxylic acids is 1. The maximum absolute atomic E-state index is 12.5. The van der Waals surface area contributed by atoms with Gasteiger partial charge in [0, 0.05) is 41.1 Å². The number of aliphatic carboxylic acids is 1. The monoisotopic (exact) mass is 476 g/mol.